The molecule has 8 heteroatoms. The SMILES string of the molecule is CC.CCN=c1cc(-c2cccc(CN3CCN(C)CC3)c2)nc(/N=C(\C)NNC(C)C2CC2)n1C. The number of hydrogen-bond donors (Lipinski definition) is 2. The van der Waals surface area contributed by atoms with Crippen molar-refractivity contribution in [3.05, 3.63) is 41.4 Å². The van der Waals surface area contributed by atoms with Crippen LogP contribution in [0.15, 0.2) is 40.3 Å². The maximum Gasteiger partial charge on any atom is 0.233 e. The zero-order chi connectivity index (χ0) is 26.1. The Balaban J connectivity index is 0.00000176. The molecule has 1 saturated heterocycles. The summed E-state index contributed by atoms with van der Waals surface area (Å²) >= 11 is 0. The molecule has 1 atom stereocenters. The molecule has 36 heavy (non-hydrogen) atoms. The van der Waals surface area contributed by atoms with E-state index in [4.69, 9.17) is 15.0 Å². The molecule has 1 saturated carbocycles. The second kappa shape index (κ2) is 13.7. The van der Waals surface area contributed by atoms with Crippen LogP contribution in [-0.4, -0.2) is 71.0 Å². The molecule has 1 aromatic carbocycles. The van der Waals surface area contributed by atoms with Gasteiger partial charge in [0.05, 0.1) is 5.69 Å². The number of nitrogens with one attached hydrogen (secondary N) is 2. The molecule has 2 N–H and O–H groups in total. The molecular weight excluding hydrogens is 448 g/mol. The molecule has 2 aromatic rings. The van der Waals surface area contributed by atoms with Crippen molar-refractivity contribution in [3.63, 3.8) is 0 Å². The third-order valence-electron chi connectivity index (χ3n) is 6.75. The Morgan fingerprint density at radius 1 is 1.11 bits per heavy atom. The highest BCUT2D eigenvalue weighted by atomic mass is 15.4. The molecule has 8 nitrogen and oxygen atoms in total. The van der Waals surface area contributed by atoms with Crippen LogP contribution in [0.4, 0.5) is 5.95 Å². The van der Waals surface area contributed by atoms with Gasteiger partial charge in [-0.3, -0.25) is 14.5 Å². The summed E-state index contributed by atoms with van der Waals surface area (Å²) in [5, 5.41) is 0. The van der Waals surface area contributed by atoms with Gasteiger partial charge in [-0.05, 0) is 58.2 Å². The van der Waals surface area contributed by atoms with E-state index in [0.29, 0.717) is 18.5 Å². The lowest BCUT2D eigenvalue weighted by atomic mass is 10.1. The minimum absolute atomic E-state index is 0.437. The summed E-state index contributed by atoms with van der Waals surface area (Å²) < 4.78 is 1.95. The number of amidine groups is 1. The Kier molecular flexibility index (Phi) is 10.6. The van der Waals surface area contributed by atoms with Crippen molar-refractivity contribution in [1.82, 2.24) is 30.2 Å². The van der Waals surface area contributed by atoms with E-state index in [1.165, 1.54) is 18.4 Å². The fourth-order valence-electron chi connectivity index (χ4n) is 4.30. The maximum absolute atomic E-state index is 4.93. The maximum atomic E-state index is 4.93. The van der Waals surface area contributed by atoms with Crippen molar-refractivity contribution in [2.75, 3.05) is 39.8 Å². The standard InChI is InChI=1S/C26H40N8.C2H6/c1-6-27-25-17-24(23-9-7-8-21(16-23)18-34-14-12-32(4)13-15-34)29-26(33(25)5)28-20(3)31-30-19(2)22-10-11-22;1-2/h7-9,16-17,19,22,30H,6,10-15,18H2,1-5H3,(H,28,29,31);1-2H3. The van der Waals surface area contributed by atoms with Crippen molar-refractivity contribution in [2.45, 2.75) is 60.0 Å². The number of benzene rings is 1. The number of aromatic nitrogens is 2. The van der Waals surface area contributed by atoms with E-state index in [2.05, 4.69) is 71.9 Å². The molecular formula is C28H46N8. The molecule has 0 bridgehead atoms. The number of hydrazine groups is 1. The lowest BCUT2D eigenvalue weighted by molar-refractivity contribution is 0.148. The van der Waals surface area contributed by atoms with Gasteiger partial charge in [-0.15, -0.1) is 0 Å². The van der Waals surface area contributed by atoms with Crippen LogP contribution < -0.4 is 16.3 Å². The molecule has 0 amide bonds. The Morgan fingerprint density at radius 2 is 1.83 bits per heavy atom. The van der Waals surface area contributed by atoms with Crippen molar-refractivity contribution in [1.29, 1.82) is 0 Å². The largest absolute Gasteiger partial charge is 0.309 e. The number of piperazine rings is 1. The molecule has 1 aromatic heterocycles. The quantitative estimate of drug-likeness (QED) is 0.332. The highest BCUT2D eigenvalue weighted by Crippen LogP contribution is 2.31. The monoisotopic (exact) mass is 494 g/mol. The Hall–Kier alpha value is -2.55. The van der Waals surface area contributed by atoms with Crippen LogP contribution in [0, 0.1) is 5.92 Å². The summed E-state index contributed by atoms with van der Waals surface area (Å²) in [6, 6.07) is 11.2. The van der Waals surface area contributed by atoms with Crippen molar-refractivity contribution in [3.8, 4) is 11.3 Å². The van der Waals surface area contributed by atoms with E-state index in [0.717, 1.165) is 61.2 Å². The zero-order valence-corrected chi connectivity index (χ0v) is 23.4. The molecule has 4 rings (SSSR count). The third-order valence-corrected chi connectivity index (χ3v) is 6.75. The van der Waals surface area contributed by atoms with Gasteiger partial charge in [0, 0.05) is 64.0 Å². The zero-order valence-electron chi connectivity index (χ0n) is 23.4. The number of hydrogen-bond acceptors (Lipinski definition) is 6. The molecule has 0 spiro atoms. The van der Waals surface area contributed by atoms with Crippen LogP contribution in [0.2, 0.25) is 0 Å². The van der Waals surface area contributed by atoms with E-state index < -0.39 is 0 Å². The van der Waals surface area contributed by atoms with Gasteiger partial charge in [0.25, 0.3) is 0 Å². The van der Waals surface area contributed by atoms with Crippen LogP contribution in [0.25, 0.3) is 11.3 Å². The van der Waals surface area contributed by atoms with E-state index in [9.17, 15) is 0 Å². The molecule has 2 aliphatic rings. The second-order valence-electron chi connectivity index (χ2n) is 9.71. The Labute approximate surface area is 217 Å². The van der Waals surface area contributed by atoms with Gasteiger partial charge in [0.2, 0.25) is 5.95 Å². The lowest BCUT2D eigenvalue weighted by Gasteiger charge is -2.32. The number of aliphatic imine (C=N–C) groups is 1. The van der Waals surface area contributed by atoms with Gasteiger partial charge in [0.15, 0.2) is 0 Å². The van der Waals surface area contributed by atoms with E-state index in [1.807, 2.05) is 32.4 Å². The Bertz CT molecular complexity index is 1060. The van der Waals surface area contributed by atoms with Crippen molar-refractivity contribution >= 4 is 11.8 Å². The number of nitrogens with zero attached hydrogens (tertiary/aromatic N) is 6. The lowest BCUT2D eigenvalue weighted by Crippen LogP contribution is -2.43. The first-order chi connectivity index (χ1) is 17.4. The van der Waals surface area contributed by atoms with Crippen molar-refractivity contribution in [2.24, 2.45) is 23.0 Å². The number of likely N-dealkylation sites (N-methyl/N-ethyl adjacent to an activating group) is 1. The summed E-state index contributed by atoms with van der Waals surface area (Å²) in [5.74, 6) is 2.20. The van der Waals surface area contributed by atoms with Gasteiger partial charge >= 0.3 is 0 Å². The molecule has 198 valence electrons. The van der Waals surface area contributed by atoms with E-state index in [-0.39, 0.29) is 0 Å². The van der Waals surface area contributed by atoms with Gasteiger partial charge in [-0.1, -0.05) is 32.0 Å². The highest BCUT2D eigenvalue weighted by Gasteiger charge is 2.27. The smallest absolute Gasteiger partial charge is 0.233 e. The first kappa shape index (κ1) is 28.0. The van der Waals surface area contributed by atoms with Crippen LogP contribution in [0.5, 0.6) is 0 Å². The summed E-state index contributed by atoms with van der Waals surface area (Å²) in [5.41, 5.74) is 10.8. The van der Waals surface area contributed by atoms with E-state index in [1.54, 1.807) is 0 Å². The summed E-state index contributed by atoms with van der Waals surface area (Å²) in [6.45, 7) is 16.4. The fourth-order valence-corrected chi connectivity index (χ4v) is 4.30. The van der Waals surface area contributed by atoms with Gasteiger partial charge < -0.3 is 10.3 Å². The molecule has 1 aliphatic heterocycles. The predicted molar refractivity (Wildman–Crippen MR) is 150 cm³/mol. The molecule has 2 fully saturated rings. The van der Waals surface area contributed by atoms with Crippen molar-refractivity contribution < 1.29 is 0 Å². The average Bonchev–Trinajstić information content (AvgIpc) is 3.74. The second-order valence-corrected chi connectivity index (χ2v) is 9.71. The van der Waals surface area contributed by atoms with Crippen LogP contribution in [0.1, 0.15) is 53.0 Å². The average molecular weight is 495 g/mol. The summed E-state index contributed by atoms with van der Waals surface area (Å²) in [6.07, 6.45) is 2.61. The Morgan fingerprint density at radius 3 is 2.50 bits per heavy atom. The fraction of sp³-hybridized carbons (Fsp3) is 0.607. The first-order valence-corrected chi connectivity index (χ1v) is 13.6. The van der Waals surface area contributed by atoms with Crippen LogP contribution >= 0.6 is 0 Å². The van der Waals surface area contributed by atoms with Gasteiger partial charge in [-0.25, -0.2) is 10.4 Å². The predicted octanol–water partition coefficient (Wildman–Crippen LogP) is 3.72. The van der Waals surface area contributed by atoms with E-state index >= 15 is 0 Å². The molecule has 0 radical (unpaired) electrons. The molecule has 1 aliphatic carbocycles. The number of rotatable bonds is 8. The highest BCUT2D eigenvalue weighted by molar-refractivity contribution is 5.81. The molecule has 2 heterocycles. The van der Waals surface area contributed by atoms with Gasteiger partial charge in [-0.2, -0.15) is 4.99 Å². The normalized spacial score (nSPS) is 18.5. The first-order valence-electron chi connectivity index (χ1n) is 13.6. The molecule has 1 unspecified atom stereocenters. The van der Waals surface area contributed by atoms with Crippen LogP contribution in [-0.2, 0) is 13.6 Å². The van der Waals surface area contributed by atoms with Gasteiger partial charge in [0.1, 0.15) is 11.3 Å². The van der Waals surface area contributed by atoms with Crippen LogP contribution in [0.3, 0.4) is 0 Å². The summed E-state index contributed by atoms with van der Waals surface area (Å²) in [7, 11) is 4.17. The topological polar surface area (TPSA) is 73.1 Å². The minimum atomic E-state index is 0.437. The summed E-state index contributed by atoms with van der Waals surface area (Å²) in [4.78, 5) is 19.3. The third kappa shape index (κ3) is 7.98. The minimum Gasteiger partial charge on any atom is -0.309 e.